The van der Waals surface area contributed by atoms with Crippen molar-refractivity contribution in [1.29, 1.82) is 0 Å². The molecule has 0 aliphatic heterocycles. The molecule has 0 N–H and O–H groups in total. The number of ether oxygens (including phenoxy) is 1. The van der Waals surface area contributed by atoms with E-state index in [-0.39, 0.29) is 0 Å². The standard InChI is InChI=1S/C42H42N4O/c1-26(2)19-31-21-34(46-30(7)42(29(6)44-46)32-11-9-8-10-12-32)24-36(22-31)47-35-14-15-37-38-23-33(27(3)4)13-16-39(38)45(40(37)25-35)41-20-28(5)17-18-43-41/h8-18,20-27H,19H2,1-7H3. The highest BCUT2D eigenvalue weighted by molar-refractivity contribution is 6.09. The van der Waals surface area contributed by atoms with Gasteiger partial charge in [0.2, 0.25) is 0 Å². The van der Waals surface area contributed by atoms with Crippen LogP contribution in [0.15, 0.2) is 103 Å². The van der Waals surface area contributed by atoms with Crippen molar-refractivity contribution in [2.75, 3.05) is 0 Å². The van der Waals surface area contributed by atoms with E-state index in [1.54, 1.807) is 0 Å². The van der Waals surface area contributed by atoms with Crippen molar-refractivity contribution in [2.24, 2.45) is 5.92 Å². The molecule has 0 spiro atoms. The summed E-state index contributed by atoms with van der Waals surface area (Å²) in [5, 5.41) is 7.42. The Morgan fingerprint density at radius 3 is 2.28 bits per heavy atom. The topological polar surface area (TPSA) is 44.9 Å². The molecule has 0 unspecified atom stereocenters. The van der Waals surface area contributed by atoms with Crippen LogP contribution in [0.2, 0.25) is 0 Å². The third-order valence-electron chi connectivity index (χ3n) is 8.99. The lowest BCUT2D eigenvalue weighted by molar-refractivity contribution is 0.481. The van der Waals surface area contributed by atoms with Crippen LogP contribution < -0.4 is 4.74 Å². The molecule has 0 aliphatic carbocycles. The van der Waals surface area contributed by atoms with Crippen LogP contribution in [0.5, 0.6) is 11.5 Å². The molecule has 3 heterocycles. The van der Waals surface area contributed by atoms with Crippen LogP contribution in [0.3, 0.4) is 0 Å². The molecule has 0 bridgehead atoms. The van der Waals surface area contributed by atoms with Crippen LogP contribution >= 0.6 is 0 Å². The Bertz CT molecular complexity index is 2240. The van der Waals surface area contributed by atoms with E-state index in [9.17, 15) is 0 Å². The van der Waals surface area contributed by atoms with Crippen LogP contribution in [-0.4, -0.2) is 19.3 Å². The van der Waals surface area contributed by atoms with Crippen molar-refractivity contribution in [1.82, 2.24) is 19.3 Å². The Balaban J connectivity index is 1.35. The number of fused-ring (bicyclic) bond motifs is 3. The summed E-state index contributed by atoms with van der Waals surface area (Å²) in [7, 11) is 0. The van der Waals surface area contributed by atoms with E-state index >= 15 is 0 Å². The van der Waals surface area contributed by atoms with E-state index in [0.717, 1.165) is 51.8 Å². The molecule has 3 aromatic heterocycles. The molecule has 0 saturated carbocycles. The number of aromatic nitrogens is 4. The summed E-state index contributed by atoms with van der Waals surface area (Å²) >= 11 is 0. The summed E-state index contributed by atoms with van der Waals surface area (Å²) in [5.74, 6) is 3.42. The first kappa shape index (κ1) is 30.5. The second-order valence-corrected chi connectivity index (χ2v) is 13.5. The summed E-state index contributed by atoms with van der Waals surface area (Å²) in [6.07, 6.45) is 2.83. The normalized spacial score (nSPS) is 11.8. The number of aryl methyl sites for hydroxylation is 2. The second-order valence-electron chi connectivity index (χ2n) is 13.5. The van der Waals surface area contributed by atoms with E-state index in [4.69, 9.17) is 14.8 Å². The third kappa shape index (κ3) is 5.83. The molecule has 0 fully saturated rings. The number of hydrogen-bond acceptors (Lipinski definition) is 3. The third-order valence-corrected chi connectivity index (χ3v) is 8.99. The molecule has 47 heavy (non-hydrogen) atoms. The number of nitrogens with zero attached hydrogens (tertiary/aromatic N) is 4. The molecule has 7 aromatic rings. The zero-order valence-electron chi connectivity index (χ0n) is 28.4. The van der Waals surface area contributed by atoms with Crippen LogP contribution in [0.1, 0.15) is 61.7 Å². The van der Waals surface area contributed by atoms with E-state index in [1.807, 2.05) is 12.3 Å². The van der Waals surface area contributed by atoms with E-state index in [1.165, 1.54) is 38.6 Å². The molecular formula is C42H42N4O. The molecule has 236 valence electrons. The number of hydrogen-bond donors (Lipinski definition) is 0. The van der Waals surface area contributed by atoms with Crippen molar-refractivity contribution >= 4 is 21.8 Å². The first-order valence-electron chi connectivity index (χ1n) is 16.6. The van der Waals surface area contributed by atoms with Crippen molar-refractivity contribution in [3.05, 3.63) is 131 Å². The summed E-state index contributed by atoms with van der Waals surface area (Å²) < 4.78 is 11.1. The Morgan fingerprint density at radius 1 is 0.723 bits per heavy atom. The lowest BCUT2D eigenvalue weighted by Crippen LogP contribution is -2.03. The molecule has 0 radical (unpaired) electrons. The number of rotatable bonds is 8. The highest BCUT2D eigenvalue weighted by Crippen LogP contribution is 2.37. The van der Waals surface area contributed by atoms with Gasteiger partial charge in [0.25, 0.3) is 0 Å². The van der Waals surface area contributed by atoms with Gasteiger partial charge in [0.1, 0.15) is 17.3 Å². The molecule has 7 rings (SSSR count). The van der Waals surface area contributed by atoms with Crippen molar-refractivity contribution < 1.29 is 4.74 Å². The van der Waals surface area contributed by atoms with Crippen LogP contribution in [0.25, 0.3) is 44.4 Å². The molecule has 0 saturated heterocycles. The fourth-order valence-corrected chi connectivity index (χ4v) is 6.80. The summed E-state index contributed by atoms with van der Waals surface area (Å²) in [5.41, 5.74) is 11.4. The van der Waals surface area contributed by atoms with Gasteiger partial charge in [0, 0.05) is 40.4 Å². The maximum absolute atomic E-state index is 6.73. The maximum atomic E-state index is 6.73. The van der Waals surface area contributed by atoms with Gasteiger partial charge < -0.3 is 4.74 Å². The predicted octanol–water partition coefficient (Wildman–Crippen LogP) is 11.1. The van der Waals surface area contributed by atoms with Crippen LogP contribution in [0.4, 0.5) is 0 Å². The summed E-state index contributed by atoms with van der Waals surface area (Å²) in [6.45, 7) is 15.3. The van der Waals surface area contributed by atoms with Gasteiger partial charge in [-0.2, -0.15) is 5.10 Å². The van der Waals surface area contributed by atoms with Gasteiger partial charge in [-0.1, -0.05) is 64.1 Å². The van der Waals surface area contributed by atoms with Crippen molar-refractivity contribution in [2.45, 2.75) is 60.8 Å². The molecule has 5 heteroatoms. The van der Waals surface area contributed by atoms with Gasteiger partial charge >= 0.3 is 0 Å². The molecule has 5 nitrogen and oxygen atoms in total. The first-order valence-corrected chi connectivity index (χ1v) is 16.6. The first-order chi connectivity index (χ1) is 22.7. The van der Waals surface area contributed by atoms with E-state index < -0.39 is 0 Å². The van der Waals surface area contributed by atoms with Crippen LogP contribution in [0, 0.1) is 26.7 Å². The Labute approximate surface area is 277 Å². The number of benzene rings is 4. The highest BCUT2D eigenvalue weighted by atomic mass is 16.5. The van der Waals surface area contributed by atoms with Gasteiger partial charge in [-0.15, -0.1) is 0 Å². The lowest BCUT2D eigenvalue weighted by Gasteiger charge is -2.14. The average Bonchev–Trinajstić information content (AvgIpc) is 3.53. The minimum absolute atomic E-state index is 0.441. The molecule has 0 amide bonds. The Hall–Kier alpha value is -5.16. The SMILES string of the molecule is Cc1ccnc(-n2c3ccc(C(C)C)cc3c3ccc(Oc4cc(CC(C)C)cc(-n5nc(C)c(-c6ccccc6)c5C)c4)cc32)c1. The Morgan fingerprint density at radius 2 is 1.53 bits per heavy atom. The second kappa shape index (κ2) is 12.2. The number of pyridine rings is 1. The van der Waals surface area contributed by atoms with Crippen molar-refractivity contribution in [3.63, 3.8) is 0 Å². The van der Waals surface area contributed by atoms with E-state index in [2.05, 4.69) is 149 Å². The van der Waals surface area contributed by atoms with E-state index in [0.29, 0.717) is 11.8 Å². The van der Waals surface area contributed by atoms with Crippen LogP contribution in [-0.2, 0) is 6.42 Å². The molecule has 4 aromatic carbocycles. The fourth-order valence-electron chi connectivity index (χ4n) is 6.80. The molecular weight excluding hydrogens is 576 g/mol. The quantitative estimate of drug-likeness (QED) is 0.170. The van der Waals surface area contributed by atoms with Gasteiger partial charge in [-0.05, 0) is 110 Å². The monoisotopic (exact) mass is 618 g/mol. The summed E-state index contributed by atoms with van der Waals surface area (Å²) in [4.78, 5) is 4.79. The van der Waals surface area contributed by atoms with Gasteiger partial charge in [-0.25, -0.2) is 9.67 Å². The lowest BCUT2D eigenvalue weighted by atomic mass is 10.0. The predicted molar refractivity (Wildman–Crippen MR) is 194 cm³/mol. The largest absolute Gasteiger partial charge is 0.457 e. The average molecular weight is 619 g/mol. The highest BCUT2D eigenvalue weighted by Gasteiger charge is 2.18. The minimum atomic E-state index is 0.441. The maximum Gasteiger partial charge on any atom is 0.137 e. The summed E-state index contributed by atoms with van der Waals surface area (Å²) in [6, 6.07) is 34.4. The minimum Gasteiger partial charge on any atom is -0.457 e. The smallest absolute Gasteiger partial charge is 0.137 e. The van der Waals surface area contributed by atoms with Gasteiger partial charge in [-0.3, -0.25) is 4.57 Å². The fraction of sp³-hybridized carbons (Fsp3) is 0.238. The van der Waals surface area contributed by atoms with Crippen molar-refractivity contribution in [3.8, 4) is 34.1 Å². The zero-order chi connectivity index (χ0) is 32.8. The van der Waals surface area contributed by atoms with Gasteiger partial charge in [0.15, 0.2) is 0 Å². The zero-order valence-corrected chi connectivity index (χ0v) is 28.4. The van der Waals surface area contributed by atoms with Gasteiger partial charge in [0.05, 0.1) is 22.4 Å². The molecule has 0 atom stereocenters. The molecule has 0 aliphatic rings. The Kier molecular flexibility index (Phi) is 7.93.